The Labute approximate surface area is 192 Å². The number of hydrogen-bond donors (Lipinski definition) is 5. The van der Waals surface area contributed by atoms with E-state index in [0.29, 0.717) is 11.3 Å². The maximum Gasteiger partial charge on any atom is 0.365 e. The van der Waals surface area contributed by atoms with Gasteiger partial charge in [0.1, 0.15) is 18.3 Å². The van der Waals surface area contributed by atoms with Gasteiger partial charge < -0.3 is 39.5 Å². The molecule has 2 aromatic rings. The molecule has 1 aliphatic heterocycles. The van der Waals surface area contributed by atoms with Crippen LogP contribution in [0, 0.1) is 0 Å². The summed E-state index contributed by atoms with van der Waals surface area (Å²) in [6.45, 7) is 0.744. The van der Waals surface area contributed by atoms with Crippen molar-refractivity contribution in [2.45, 2.75) is 56.2 Å². The van der Waals surface area contributed by atoms with E-state index < -0.39 is 50.6 Å². The third kappa shape index (κ3) is 5.12. The zero-order valence-corrected chi connectivity index (χ0v) is 19.0. The molecule has 5 N–H and O–H groups in total. The average molecular weight is 508 g/mol. The van der Waals surface area contributed by atoms with Crippen LogP contribution in [-0.4, -0.2) is 88.9 Å². The van der Waals surface area contributed by atoms with Gasteiger partial charge in [-0.3, -0.25) is 9.13 Å². The highest BCUT2D eigenvalue weighted by Crippen LogP contribution is 2.43. The van der Waals surface area contributed by atoms with Gasteiger partial charge in [-0.25, -0.2) is 9.78 Å². The first kappa shape index (κ1) is 24.2. The lowest BCUT2D eigenvalue weighted by atomic mass is 10.1. The summed E-state index contributed by atoms with van der Waals surface area (Å²) in [5.74, 6) is -3.02. The van der Waals surface area contributed by atoms with Crippen LogP contribution >= 0.6 is 19.2 Å². The fourth-order valence-corrected chi connectivity index (χ4v) is 4.19. The Hall–Kier alpha value is -1.90. The van der Waals surface area contributed by atoms with Crippen LogP contribution in [0.4, 0.5) is 5.82 Å². The number of aromatic nitrogens is 4. The van der Waals surface area contributed by atoms with Gasteiger partial charge in [-0.1, -0.05) is 0 Å². The molecule has 0 radical (unpaired) electrons. The van der Waals surface area contributed by atoms with E-state index in [1.807, 2.05) is 0 Å². The summed E-state index contributed by atoms with van der Waals surface area (Å²) in [7, 11) is -5.02. The molecule has 1 saturated heterocycles. The lowest BCUT2D eigenvalue weighted by molar-refractivity contribution is -0.155. The summed E-state index contributed by atoms with van der Waals surface area (Å²) in [5.41, 5.74) is 0.635. The lowest BCUT2D eigenvalue weighted by Gasteiger charge is -2.20. The SMILES string of the molecule is CCOC(=O)C(OC[C@H]1O[C@@H](n2cnc3c(NC4CC4)nc(Cl)nc32)[C@H](O)[C@@H]1O)P(=O)(O)O. The van der Waals surface area contributed by atoms with Gasteiger partial charge in [-0.05, 0) is 31.4 Å². The van der Waals surface area contributed by atoms with Gasteiger partial charge in [0, 0.05) is 6.04 Å². The molecule has 2 aromatic heterocycles. The monoisotopic (exact) mass is 507 g/mol. The minimum absolute atomic E-state index is 0.0563. The smallest absolute Gasteiger partial charge is 0.365 e. The van der Waals surface area contributed by atoms with Crippen molar-refractivity contribution in [2.75, 3.05) is 18.5 Å². The van der Waals surface area contributed by atoms with Gasteiger partial charge in [0.25, 0.3) is 5.85 Å². The van der Waals surface area contributed by atoms with Crippen LogP contribution in [0.1, 0.15) is 26.0 Å². The van der Waals surface area contributed by atoms with Crippen LogP contribution in [0.25, 0.3) is 11.2 Å². The van der Waals surface area contributed by atoms with Gasteiger partial charge in [0.2, 0.25) is 5.28 Å². The van der Waals surface area contributed by atoms with Crippen LogP contribution < -0.4 is 5.32 Å². The minimum atomic E-state index is -5.02. The Morgan fingerprint density at radius 2 is 2.09 bits per heavy atom. The summed E-state index contributed by atoms with van der Waals surface area (Å²) in [4.78, 5) is 43.2. The third-order valence-electron chi connectivity index (χ3n) is 5.14. The number of halogens is 1. The van der Waals surface area contributed by atoms with Gasteiger partial charge in [-0.2, -0.15) is 9.97 Å². The molecule has 16 heteroatoms. The van der Waals surface area contributed by atoms with Gasteiger partial charge in [-0.15, -0.1) is 0 Å². The number of carbonyl (C=O) groups is 1. The van der Waals surface area contributed by atoms with Gasteiger partial charge >= 0.3 is 13.6 Å². The minimum Gasteiger partial charge on any atom is -0.464 e. The van der Waals surface area contributed by atoms with E-state index in [-0.39, 0.29) is 23.6 Å². The highest BCUT2D eigenvalue weighted by molar-refractivity contribution is 7.53. The van der Waals surface area contributed by atoms with Crippen molar-refractivity contribution < 1.29 is 43.6 Å². The van der Waals surface area contributed by atoms with Crippen LogP contribution in [0.15, 0.2) is 6.33 Å². The number of aliphatic hydroxyl groups is 2. The lowest BCUT2D eigenvalue weighted by Crippen LogP contribution is -2.36. The van der Waals surface area contributed by atoms with Crippen molar-refractivity contribution in [3.05, 3.63) is 11.6 Å². The van der Waals surface area contributed by atoms with Crippen molar-refractivity contribution in [1.29, 1.82) is 0 Å². The van der Waals surface area contributed by atoms with Crippen LogP contribution in [0.3, 0.4) is 0 Å². The quantitative estimate of drug-likeness (QED) is 0.169. The predicted octanol–water partition coefficient (Wildman–Crippen LogP) is -0.243. The zero-order chi connectivity index (χ0) is 23.9. The molecule has 2 aliphatic rings. The molecule has 1 saturated carbocycles. The second-order valence-electron chi connectivity index (χ2n) is 7.66. The first-order valence-corrected chi connectivity index (χ1v) is 12.2. The largest absolute Gasteiger partial charge is 0.464 e. The van der Waals surface area contributed by atoms with E-state index in [1.54, 1.807) is 0 Å². The van der Waals surface area contributed by atoms with E-state index in [9.17, 15) is 29.4 Å². The van der Waals surface area contributed by atoms with E-state index >= 15 is 0 Å². The summed E-state index contributed by atoms with van der Waals surface area (Å²) in [6, 6.07) is 0.266. The number of imidazole rings is 1. The Morgan fingerprint density at radius 3 is 2.73 bits per heavy atom. The molecule has 1 unspecified atom stereocenters. The van der Waals surface area contributed by atoms with Gasteiger partial charge in [0.15, 0.2) is 23.2 Å². The molecule has 5 atom stereocenters. The Kier molecular flexibility index (Phi) is 6.90. The van der Waals surface area contributed by atoms with Gasteiger partial charge in [0.05, 0.1) is 19.5 Å². The number of hydrogen-bond acceptors (Lipinski definition) is 11. The number of nitrogens with one attached hydrogen (secondary N) is 1. The second-order valence-corrected chi connectivity index (χ2v) is 9.64. The third-order valence-corrected chi connectivity index (χ3v) is 6.28. The molecular formula is C17H23ClN5O9P. The number of anilines is 1. The Bertz CT molecular complexity index is 1080. The summed E-state index contributed by atoms with van der Waals surface area (Å²) in [5, 5.41) is 24.1. The first-order chi connectivity index (χ1) is 15.6. The highest BCUT2D eigenvalue weighted by Gasteiger charge is 2.46. The normalized spacial score (nSPS) is 26.5. The van der Waals surface area contributed by atoms with Crippen LogP contribution in [0.5, 0.6) is 0 Å². The fraction of sp³-hybridized carbons (Fsp3) is 0.647. The molecular weight excluding hydrogens is 485 g/mol. The highest BCUT2D eigenvalue weighted by atomic mass is 35.5. The number of fused-ring (bicyclic) bond motifs is 1. The molecule has 182 valence electrons. The molecule has 0 bridgehead atoms. The molecule has 0 spiro atoms. The fourth-order valence-electron chi connectivity index (χ4n) is 3.40. The first-order valence-electron chi connectivity index (χ1n) is 10.1. The summed E-state index contributed by atoms with van der Waals surface area (Å²) < 4.78 is 28.3. The second kappa shape index (κ2) is 9.39. The van der Waals surface area contributed by atoms with Crippen molar-refractivity contribution >= 4 is 42.1 Å². The Balaban J connectivity index is 1.53. The molecule has 2 fully saturated rings. The van der Waals surface area contributed by atoms with E-state index in [0.717, 1.165) is 12.8 Å². The molecule has 3 heterocycles. The zero-order valence-electron chi connectivity index (χ0n) is 17.3. The summed E-state index contributed by atoms with van der Waals surface area (Å²) >= 11 is 6.05. The number of rotatable bonds is 9. The molecule has 0 aromatic carbocycles. The molecule has 1 aliphatic carbocycles. The average Bonchev–Trinajstić information content (AvgIpc) is 3.38. The maximum absolute atomic E-state index is 11.8. The van der Waals surface area contributed by atoms with Crippen molar-refractivity contribution in [2.24, 2.45) is 0 Å². The van der Waals surface area contributed by atoms with E-state index in [2.05, 4.69) is 25.0 Å². The van der Waals surface area contributed by atoms with Crippen molar-refractivity contribution in [1.82, 2.24) is 19.5 Å². The van der Waals surface area contributed by atoms with E-state index in [1.165, 1.54) is 17.8 Å². The molecule has 4 rings (SSSR count). The number of ether oxygens (including phenoxy) is 3. The van der Waals surface area contributed by atoms with E-state index in [4.69, 9.17) is 21.1 Å². The Morgan fingerprint density at radius 1 is 1.36 bits per heavy atom. The van der Waals surface area contributed by atoms with Crippen molar-refractivity contribution in [3.8, 4) is 0 Å². The molecule has 33 heavy (non-hydrogen) atoms. The molecule has 14 nitrogen and oxygen atoms in total. The predicted molar refractivity (Wildman–Crippen MR) is 111 cm³/mol. The van der Waals surface area contributed by atoms with Crippen LogP contribution in [0.2, 0.25) is 5.28 Å². The molecule has 0 amide bonds. The van der Waals surface area contributed by atoms with Crippen molar-refractivity contribution in [3.63, 3.8) is 0 Å². The summed E-state index contributed by atoms with van der Waals surface area (Å²) in [6.07, 6.45) is -2.06. The standard InChI is InChI=1S/C17H23ClN5O9P/c1-2-30-15(26)16(33(27,28)29)31-5-8-10(24)11(25)14(32-8)23-6-19-9-12(20-7-3-4-7)21-17(18)22-13(9)23/h6-8,10-11,14,16,24-25H,2-5H2,1H3,(H,20,21,22)(H2,27,28,29)/t8-,10-,11-,14-,16?/m1/s1. The maximum atomic E-state index is 11.8. The van der Waals surface area contributed by atoms with Crippen LogP contribution in [-0.2, 0) is 23.6 Å². The number of aliphatic hydroxyl groups excluding tert-OH is 2. The number of carbonyl (C=O) groups excluding carboxylic acids is 1. The topological polar surface area (TPSA) is 198 Å². The number of nitrogens with zero attached hydrogens (tertiary/aromatic N) is 4. The number of esters is 1.